The van der Waals surface area contributed by atoms with Crippen molar-refractivity contribution in [1.29, 1.82) is 0 Å². The van der Waals surface area contributed by atoms with Gasteiger partial charge in [0.1, 0.15) is 11.9 Å². The second kappa shape index (κ2) is 11.5. The molecule has 0 radical (unpaired) electrons. The summed E-state index contributed by atoms with van der Waals surface area (Å²) in [6.45, 7) is 2.03. The molecule has 2 amide bonds. The van der Waals surface area contributed by atoms with Crippen molar-refractivity contribution < 1.29 is 29.4 Å². The van der Waals surface area contributed by atoms with Gasteiger partial charge in [-0.2, -0.15) is 0 Å². The highest BCUT2D eigenvalue weighted by Crippen LogP contribution is 2.35. The smallest absolute Gasteiger partial charge is 0.412 e. The Bertz CT molecular complexity index is 1150. The van der Waals surface area contributed by atoms with E-state index in [1.54, 1.807) is 61.5 Å². The minimum Gasteiger partial charge on any atom is -0.507 e. The molecule has 3 aromatic rings. The first-order valence-corrected chi connectivity index (χ1v) is 10.9. The van der Waals surface area contributed by atoms with E-state index in [2.05, 4.69) is 21.2 Å². The number of aromatic hydroxyl groups is 1. The number of carbonyl (C=O) groups excluding carboxylic acids is 2. The molecule has 172 valence electrons. The van der Waals surface area contributed by atoms with Gasteiger partial charge in [-0.25, -0.2) is 10.3 Å². The van der Waals surface area contributed by atoms with Gasteiger partial charge in [-0.05, 0) is 48.7 Å². The zero-order valence-electron chi connectivity index (χ0n) is 17.7. The van der Waals surface area contributed by atoms with Crippen molar-refractivity contribution in [1.82, 2.24) is 5.48 Å². The lowest BCUT2D eigenvalue weighted by Crippen LogP contribution is -2.28. The number of amides is 2. The number of rotatable bonds is 8. The fourth-order valence-corrected chi connectivity index (χ4v) is 3.58. The third-order valence-corrected chi connectivity index (χ3v) is 5.30. The second-order valence-electron chi connectivity index (χ2n) is 6.93. The molecule has 0 fully saturated rings. The summed E-state index contributed by atoms with van der Waals surface area (Å²) in [7, 11) is 0. The number of nitrogens with one attached hydrogen (secondary N) is 2. The lowest BCUT2D eigenvalue weighted by Gasteiger charge is -2.26. The van der Waals surface area contributed by atoms with Crippen molar-refractivity contribution >= 4 is 44.4 Å². The van der Waals surface area contributed by atoms with Crippen LogP contribution in [0.15, 0.2) is 77.3 Å². The van der Waals surface area contributed by atoms with Gasteiger partial charge in [-0.15, -0.1) is 0 Å². The molecule has 9 heteroatoms. The first-order valence-electron chi connectivity index (χ1n) is 10.1. The zero-order valence-corrected chi connectivity index (χ0v) is 19.3. The Morgan fingerprint density at radius 1 is 1.06 bits per heavy atom. The van der Waals surface area contributed by atoms with Gasteiger partial charge in [0.05, 0.1) is 0 Å². The van der Waals surface area contributed by atoms with Crippen LogP contribution in [-0.2, 0) is 14.3 Å². The Kier molecular flexibility index (Phi) is 8.42. The van der Waals surface area contributed by atoms with E-state index in [4.69, 9.17) is 14.7 Å². The number of hydrogen-bond donors (Lipinski definition) is 4. The van der Waals surface area contributed by atoms with Crippen LogP contribution in [0.4, 0.5) is 10.5 Å². The standard InChI is InChI=1S/C24H23BrN2O6/c1-2-32-21(13-14-22(29)27-31)23(33-24(30)26-16-9-7-15(25)8-10-16)19-11-12-20(28)18-6-4-3-5-17(18)19/h3-14,21,23,28,31H,2H2,1H3,(H,26,30)(H,27,29)/b14-13+/t21-,23-/m1/s1. The van der Waals surface area contributed by atoms with Crippen molar-refractivity contribution in [3.05, 3.63) is 82.9 Å². The Labute approximate surface area is 198 Å². The molecule has 8 nitrogen and oxygen atoms in total. The summed E-state index contributed by atoms with van der Waals surface area (Å²) in [5.74, 6) is -0.677. The summed E-state index contributed by atoms with van der Waals surface area (Å²) in [6, 6.07) is 17.2. The molecule has 0 heterocycles. The number of ether oxygens (including phenoxy) is 2. The first-order chi connectivity index (χ1) is 15.9. The van der Waals surface area contributed by atoms with E-state index in [1.807, 2.05) is 0 Å². The average Bonchev–Trinajstić information content (AvgIpc) is 2.82. The van der Waals surface area contributed by atoms with E-state index in [-0.39, 0.29) is 12.4 Å². The molecule has 0 saturated heterocycles. The number of carbonyl (C=O) groups is 2. The molecule has 3 aromatic carbocycles. The Balaban J connectivity index is 2.01. The quantitative estimate of drug-likeness (QED) is 0.189. The number of phenolic OH excluding ortho intramolecular Hbond substituents is 1. The third kappa shape index (κ3) is 6.32. The minimum absolute atomic E-state index is 0.0792. The van der Waals surface area contributed by atoms with E-state index in [0.29, 0.717) is 22.0 Å². The van der Waals surface area contributed by atoms with Gasteiger partial charge in [0, 0.05) is 33.8 Å². The molecule has 0 aromatic heterocycles. The molecule has 3 rings (SSSR count). The van der Waals surface area contributed by atoms with Gasteiger partial charge >= 0.3 is 6.09 Å². The molecule has 2 atom stereocenters. The Morgan fingerprint density at radius 2 is 1.76 bits per heavy atom. The van der Waals surface area contributed by atoms with Crippen LogP contribution in [0.3, 0.4) is 0 Å². The maximum Gasteiger partial charge on any atom is 0.412 e. The molecule has 0 aliphatic heterocycles. The lowest BCUT2D eigenvalue weighted by atomic mass is 9.96. The van der Waals surface area contributed by atoms with Crippen LogP contribution < -0.4 is 10.8 Å². The number of halogens is 1. The van der Waals surface area contributed by atoms with Gasteiger partial charge in [-0.1, -0.05) is 46.3 Å². The molecule has 0 aliphatic carbocycles. The maximum atomic E-state index is 12.8. The fourth-order valence-electron chi connectivity index (χ4n) is 3.31. The van der Waals surface area contributed by atoms with Gasteiger partial charge in [0.2, 0.25) is 0 Å². The van der Waals surface area contributed by atoms with Crippen LogP contribution in [0.5, 0.6) is 5.75 Å². The van der Waals surface area contributed by atoms with E-state index in [1.165, 1.54) is 17.6 Å². The predicted octanol–water partition coefficient (Wildman–Crippen LogP) is 5.06. The second-order valence-corrected chi connectivity index (χ2v) is 7.85. The molecule has 0 spiro atoms. The van der Waals surface area contributed by atoms with Gasteiger partial charge in [0.25, 0.3) is 5.91 Å². The summed E-state index contributed by atoms with van der Waals surface area (Å²) in [5, 5.41) is 23.0. The topological polar surface area (TPSA) is 117 Å². The zero-order chi connectivity index (χ0) is 23.8. The maximum absolute atomic E-state index is 12.8. The third-order valence-electron chi connectivity index (χ3n) is 4.77. The van der Waals surface area contributed by atoms with Crippen LogP contribution in [-0.4, -0.2) is 35.0 Å². The van der Waals surface area contributed by atoms with Crippen molar-refractivity contribution in [2.45, 2.75) is 19.1 Å². The monoisotopic (exact) mass is 514 g/mol. The SMILES string of the molecule is CCO[C@H](/C=C/C(=O)NO)[C@H](OC(=O)Nc1ccc(Br)cc1)c1ccc(O)c2ccccc12. The summed E-state index contributed by atoms with van der Waals surface area (Å²) in [6.07, 6.45) is -0.0889. The van der Waals surface area contributed by atoms with Crippen LogP contribution in [0.25, 0.3) is 10.8 Å². The summed E-state index contributed by atoms with van der Waals surface area (Å²) >= 11 is 3.34. The normalized spacial score (nSPS) is 12.9. The summed E-state index contributed by atoms with van der Waals surface area (Å²) < 4.78 is 12.4. The largest absolute Gasteiger partial charge is 0.507 e. The first kappa shape index (κ1) is 24.2. The molecule has 0 aliphatic rings. The molecule has 0 unspecified atom stereocenters. The number of anilines is 1. The molecule has 4 N–H and O–H groups in total. The number of phenols is 1. The summed E-state index contributed by atoms with van der Waals surface area (Å²) in [5.41, 5.74) is 2.62. The number of hydrogen-bond acceptors (Lipinski definition) is 6. The van der Waals surface area contributed by atoms with E-state index < -0.39 is 24.2 Å². The number of hydroxylamine groups is 1. The van der Waals surface area contributed by atoms with Gasteiger partial charge < -0.3 is 14.6 Å². The molecule has 33 heavy (non-hydrogen) atoms. The van der Waals surface area contributed by atoms with E-state index in [0.717, 1.165) is 10.5 Å². The molecular weight excluding hydrogens is 492 g/mol. The van der Waals surface area contributed by atoms with Crippen LogP contribution >= 0.6 is 15.9 Å². The van der Waals surface area contributed by atoms with Crippen molar-refractivity contribution in [3.8, 4) is 5.75 Å². The van der Waals surface area contributed by atoms with E-state index in [9.17, 15) is 14.7 Å². The van der Waals surface area contributed by atoms with Gasteiger partial charge in [0.15, 0.2) is 6.10 Å². The average molecular weight is 515 g/mol. The predicted molar refractivity (Wildman–Crippen MR) is 127 cm³/mol. The van der Waals surface area contributed by atoms with Crippen molar-refractivity contribution in [3.63, 3.8) is 0 Å². The van der Waals surface area contributed by atoms with Crippen LogP contribution in [0.2, 0.25) is 0 Å². The van der Waals surface area contributed by atoms with E-state index >= 15 is 0 Å². The molecular formula is C24H23BrN2O6. The van der Waals surface area contributed by atoms with Crippen LogP contribution in [0, 0.1) is 0 Å². The molecule has 0 bridgehead atoms. The summed E-state index contributed by atoms with van der Waals surface area (Å²) in [4.78, 5) is 24.4. The highest BCUT2D eigenvalue weighted by atomic mass is 79.9. The highest BCUT2D eigenvalue weighted by Gasteiger charge is 2.28. The van der Waals surface area contributed by atoms with Gasteiger partial charge in [-0.3, -0.25) is 15.3 Å². The number of fused-ring (bicyclic) bond motifs is 1. The Morgan fingerprint density at radius 3 is 2.42 bits per heavy atom. The van der Waals surface area contributed by atoms with Crippen molar-refractivity contribution in [2.75, 3.05) is 11.9 Å². The minimum atomic E-state index is -0.978. The highest BCUT2D eigenvalue weighted by molar-refractivity contribution is 9.10. The fraction of sp³-hybridized carbons (Fsp3) is 0.167. The van der Waals surface area contributed by atoms with Crippen LogP contribution in [0.1, 0.15) is 18.6 Å². The molecule has 0 saturated carbocycles. The van der Waals surface area contributed by atoms with Crippen molar-refractivity contribution in [2.24, 2.45) is 0 Å². The lowest BCUT2D eigenvalue weighted by molar-refractivity contribution is -0.124. The Hall–Kier alpha value is -3.40. The number of benzene rings is 3.